The molecule has 0 radical (unpaired) electrons. The van der Waals surface area contributed by atoms with Gasteiger partial charge in [-0.3, -0.25) is 10.1 Å². The van der Waals surface area contributed by atoms with Crippen molar-refractivity contribution in [2.24, 2.45) is 0 Å². The first-order valence-electron chi connectivity index (χ1n) is 4.59. The van der Waals surface area contributed by atoms with E-state index < -0.39 is 0 Å². The average Bonchev–Trinajstić information content (AvgIpc) is 2.31. The summed E-state index contributed by atoms with van der Waals surface area (Å²) in [7, 11) is 0. The van der Waals surface area contributed by atoms with Crippen molar-refractivity contribution in [3.63, 3.8) is 0 Å². The van der Waals surface area contributed by atoms with Crippen LogP contribution in [0.15, 0.2) is 42.7 Å². The van der Waals surface area contributed by atoms with E-state index in [0.29, 0.717) is 10.6 Å². The summed E-state index contributed by atoms with van der Waals surface area (Å²) in [6.07, 6.45) is 3.12. The quantitative estimate of drug-likeness (QED) is 0.867. The Morgan fingerprint density at radius 1 is 1.12 bits per heavy atom. The van der Waals surface area contributed by atoms with Crippen molar-refractivity contribution in [2.45, 2.75) is 0 Å². The Morgan fingerprint density at radius 3 is 2.38 bits per heavy atom. The molecule has 1 amide bonds. The van der Waals surface area contributed by atoms with E-state index in [1.54, 1.807) is 42.7 Å². The molecule has 0 fully saturated rings. The number of carbonyl (C=O) groups is 1. The molecule has 1 N–H and O–H groups in total. The number of nitrogens with zero attached hydrogens (tertiary/aromatic N) is 2. The van der Waals surface area contributed by atoms with E-state index >= 15 is 0 Å². The molecule has 1 aromatic heterocycles. The second-order valence-electron chi connectivity index (χ2n) is 3.03. The normalized spacial score (nSPS) is 9.81. The first kappa shape index (κ1) is 10.6. The second-order valence-corrected chi connectivity index (χ2v) is 3.47. The molecule has 0 bridgehead atoms. The van der Waals surface area contributed by atoms with Gasteiger partial charge in [0.25, 0.3) is 5.91 Å². The van der Waals surface area contributed by atoms with Crippen LogP contribution in [0.4, 0.5) is 5.95 Å². The number of halogens is 1. The number of amides is 1. The van der Waals surface area contributed by atoms with Gasteiger partial charge in [0.05, 0.1) is 0 Å². The third-order valence-corrected chi connectivity index (χ3v) is 2.15. The fourth-order valence-corrected chi connectivity index (χ4v) is 1.26. The Kier molecular flexibility index (Phi) is 3.12. The summed E-state index contributed by atoms with van der Waals surface area (Å²) in [5.74, 6) is 0.0188. The molecular formula is C11H8ClN3O. The largest absolute Gasteiger partial charge is 0.290 e. The Hall–Kier alpha value is -1.94. The van der Waals surface area contributed by atoms with Crippen LogP contribution < -0.4 is 5.32 Å². The minimum atomic E-state index is -0.261. The number of aromatic nitrogens is 2. The molecule has 80 valence electrons. The average molecular weight is 234 g/mol. The standard InChI is InChI=1S/C11H8ClN3O/c12-9-4-2-8(3-5-9)10(16)15-11-13-6-1-7-14-11/h1-7H,(H,13,14,15,16). The van der Waals surface area contributed by atoms with Crippen molar-refractivity contribution in [1.29, 1.82) is 0 Å². The molecule has 0 aliphatic carbocycles. The summed E-state index contributed by atoms with van der Waals surface area (Å²) in [5.41, 5.74) is 0.511. The van der Waals surface area contributed by atoms with Gasteiger partial charge in [-0.25, -0.2) is 9.97 Å². The van der Waals surface area contributed by atoms with Gasteiger partial charge in [0.15, 0.2) is 0 Å². The monoisotopic (exact) mass is 233 g/mol. The first-order chi connectivity index (χ1) is 7.75. The van der Waals surface area contributed by atoms with Crippen LogP contribution in [0.3, 0.4) is 0 Å². The van der Waals surface area contributed by atoms with Crippen molar-refractivity contribution in [2.75, 3.05) is 5.32 Å². The lowest BCUT2D eigenvalue weighted by molar-refractivity contribution is 0.102. The Morgan fingerprint density at radius 2 is 1.75 bits per heavy atom. The number of carbonyl (C=O) groups excluding carboxylic acids is 1. The van der Waals surface area contributed by atoms with Crippen LogP contribution in [0.5, 0.6) is 0 Å². The Balaban J connectivity index is 2.12. The molecular weight excluding hydrogens is 226 g/mol. The van der Waals surface area contributed by atoms with Gasteiger partial charge in [-0.2, -0.15) is 0 Å². The first-order valence-corrected chi connectivity index (χ1v) is 4.97. The summed E-state index contributed by atoms with van der Waals surface area (Å²) in [5, 5.41) is 3.16. The predicted octanol–water partition coefficient (Wildman–Crippen LogP) is 2.38. The lowest BCUT2D eigenvalue weighted by Crippen LogP contribution is -2.13. The molecule has 1 aromatic carbocycles. The van der Waals surface area contributed by atoms with Crippen LogP contribution in [0.1, 0.15) is 10.4 Å². The van der Waals surface area contributed by atoms with E-state index in [1.807, 2.05) is 0 Å². The van der Waals surface area contributed by atoms with Crippen molar-refractivity contribution >= 4 is 23.5 Å². The smallest absolute Gasteiger partial charge is 0.258 e. The molecule has 1 heterocycles. The number of hydrogen-bond acceptors (Lipinski definition) is 3. The van der Waals surface area contributed by atoms with Gasteiger partial charge in [-0.1, -0.05) is 11.6 Å². The highest BCUT2D eigenvalue weighted by Crippen LogP contribution is 2.10. The molecule has 0 saturated carbocycles. The SMILES string of the molecule is O=C(Nc1ncccn1)c1ccc(Cl)cc1. The summed E-state index contributed by atoms with van der Waals surface area (Å²) in [4.78, 5) is 19.5. The van der Waals surface area contributed by atoms with Crippen LogP contribution in [0.25, 0.3) is 0 Å². The van der Waals surface area contributed by atoms with E-state index in [1.165, 1.54) is 0 Å². The lowest BCUT2D eigenvalue weighted by atomic mass is 10.2. The van der Waals surface area contributed by atoms with E-state index in [0.717, 1.165) is 0 Å². The molecule has 4 nitrogen and oxygen atoms in total. The van der Waals surface area contributed by atoms with E-state index in [-0.39, 0.29) is 11.9 Å². The highest BCUT2D eigenvalue weighted by atomic mass is 35.5. The maximum atomic E-state index is 11.7. The zero-order valence-corrected chi connectivity index (χ0v) is 8.98. The summed E-state index contributed by atoms with van der Waals surface area (Å²) < 4.78 is 0. The molecule has 2 aromatic rings. The molecule has 0 atom stereocenters. The molecule has 2 rings (SSSR count). The van der Waals surface area contributed by atoms with Crippen LogP contribution >= 0.6 is 11.6 Å². The third-order valence-electron chi connectivity index (χ3n) is 1.90. The summed E-state index contributed by atoms with van der Waals surface area (Å²) >= 11 is 5.72. The Labute approximate surface area is 97.3 Å². The second kappa shape index (κ2) is 4.72. The topological polar surface area (TPSA) is 54.9 Å². The van der Waals surface area contributed by atoms with E-state index in [4.69, 9.17) is 11.6 Å². The fourth-order valence-electron chi connectivity index (χ4n) is 1.14. The molecule has 5 heteroatoms. The summed E-state index contributed by atoms with van der Waals surface area (Å²) in [6.45, 7) is 0. The van der Waals surface area contributed by atoms with Crippen LogP contribution in [0, 0.1) is 0 Å². The van der Waals surface area contributed by atoms with Gasteiger partial charge in [-0.15, -0.1) is 0 Å². The minimum Gasteiger partial charge on any atom is -0.290 e. The zero-order chi connectivity index (χ0) is 11.4. The maximum absolute atomic E-state index is 11.7. The van der Waals surface area contributed by atoms with Crippen molar-refractivity contribution in [1.82, 2.24) is 9.97 Å². The number of anilines is 1. The maximum Gasteiger partial charge on any atom is 0.258 e. The number of hydrogen-bond donors (Lipinski definition) is 1. The number of nitrogens with one attached hydrogen (secondary N) is 1. The van der Waals surface area contributed by atoms with Gasteiger partial charge < -0.3 is 0 Å². The van der Waals surface area contributed by atoms with Gasteiger partial charge in [0.1, 0.15) is 0 Å². The zero-order valence-electron chi connectivity index (χ0n) is 8.22. The molecule has 0 aliphatic rings. The van der Waals surface area contributed by atoms with E-state index in [9.17, 15) is 4.79 Å². The van der Waals surface area contributed by atoms with Crippen LogP contribution in [-0.2, 0) is 0 Å². The predicted molar refractivity (Wildman–Crippen MR) is 61.4 cm³/mol. The van der Waals surface area contributed by atoms with Crippen molar-refractivity contribution in [3.8, 4) is 0 Å². The highest BCUT2D eigenvalue weighted by Gasteiger charge is 2.06. The van der Waals surface area contributed by atoms with Crippen LogP contribution in [0.2, 0.25) is 5.02 Å². The minimum absolute atomic E-state index is 0.261. The van der Waals surface area contributed by atoms with Gasteiger partial charge in [0.2, 0.25) is 5.95 Å². The van der Waals surface area contributed by atoms with Crippen molar-refractivity contribution in [3.05, 3.63) is 53.3 Å². The fraction of sp³-hybridized carbons (Fsp3) is 0. The molecule has 0 unspecified atom stereocenters. The third kappa shape index (κ3) is 2.55. The van der Waals surface area contributed by atoms with Gasteiger partial charge >= 0.3 is 0 Å². The number of rotatable bonds is 2. The molecule has 0 saturated heterocycles. The van der Waals surface area contributed by atoms with Crippen LogP contribution in [-0.4, -0.2) is 15.9 Å². The highest BCUT2D eigenvalue weighted by molar-refractivity contribution is 6.30. The molecule has 0 spiro atoms. The molecule has 0 aliphatic heterocycles. The number of benzene rings is 1. The van der Waals surface area contributed by atoms with Gasteiger partial charge in [-0.05, 0) is 30.3 Å². The summed E-state index contributed by atoms with van der Waals surface area (Å²) in [6, 6.07) is 8.27. The lowest BCUT2D eigenvalue weighted by Gasteiger charge is -2.02. The van der Waals surface area contributed by atoms with E-state index in [2.05, 4.69) is 15.3 Å². The van der Waals surface area contributed by atoms with Crippen molar-refractivity contribution < 1.29 is 4.79 Å². The van der Waals surface area contributed by atoms with Gasteiger partial charge in [0, 0.05) is 23.0 Å². The molecule has 16 heavy (non-hydrogen) atoms. The Bertz CT molecular complexity index is 484.